The Kier molecular flexibility index (Phi) is 3.88. The number of carbonyl (C=O) groups is 1. The van der Waals surface area contributed by atoms with E-state index in [2.05, 4.69) is 6.92 Å². The zero-order valence-electron chi connectivity index (χ0n) is 17.6. The minimum atomic E-state index is -1.77. The monoisotopic (exact) mass is 396 g/mol. The Balaban J connectivity index is 1.80. The Labute approximate surface area is 170 Å². The van der Waals surface area contributed by atoms with Crippen molar-refractivity contribution in [1.29, 1.82) is 0 Å². The quantitative estimate of drug-likeness (QED) is 0.735. The van der Waals surface area contributed by atoms with Crippen LogP contribution in [-0.2, 0) is 9.53 Å². The van der Waals surface area contributed by atoms with Crippen molar-refractivity contribution in [2.24, 2.45) is 17.8 Å². The molecule has 1 aliphatic carbocycles. The molecule has 1 saturated heterocycles. The number of hydrogen-bond acceptors (Lipinski definition) is 5. The van der Waals surface area contributed by atoms with Gasteiger partial charge in [0.2, 0.25) is 5.78 Å². The van der Waals surface area contributed by atoms with E-state index in [1.54, 1.807) is 6.92 Å². The fourth-order valence-electron chi connectivity index (χ4n) is 5.82. The first-order valence-electron chi connectivity index (χ1n) is 10.5. The molecule has 3 aliphatic rings. The zero-order chi connectivity index (χ0) is 20.7. The van der Waals surface area contributed by atoms with Crippen molar-refractivity contribution in [3.63, 3.8) is 0 Å². The second kappa shape index (κ2) is 5.96. The van der Waals surface area contributed by atoms with Crippen molar-refractivity contribution in [2.75, 3.05) is 0 Å². The van der Waals surface area contributed by atoms with Crippen molar-refractivity contribution < 1.29 is 23.8 Å². The number of ether oxygens (including phenoxy) is 2. The molecule has 1 aromatic heterocycles. The third-order valence-electron chi connectivity index (χ3n) is 7.24. The van der Waals surface area contributed by atoms with Gasteiger partial charge < -0.3 is 19.0 Å². The lowest BCUT2D eigenvalue weighted by molar-refractivity contribution is -0.346. The van der Waals surface area contributed by atoms with Crippen LogP contribution in [0.25, 0.3) is 11.0 Å². The maximum atomic E-state index is 13.5. The highest BCUT2D eigenvalue weighted by molar-refractivity contribution is 5.99. The van der Waals surface area contributed by atoms with Gasteiger partial charge in [-0.1, -0.05) is 24.6 Å². The van der Waals surface area contributed by atoms with Crippen LogP contribution in [0, 0.1) is 24.7 Å². The van der Waals surface area contributed by atoms with Gasteiger partial charge in [0.05, 0.1) is 5.39 Å². The number of furan rings is 1. The molecule has 29 heavy (non-hydrogen) atoms. The molecule has 1 N–H and O–H groups in total. The highest BCUT2D eigenvalue weighted by atomic mass is 16.7. The molecule has 2 fully saturated rings. The van der Waals surface area contributed by atoms with Crippen LogP contribution in [0.1, 0.15) is 58.0 Å². The second-order valence-electron chi connectivity index (χ2n) is 9.47. The number of aryl methyl sites for hydroxylation is 1. The van der Waals surface area contributed by atoms with Crippen molar-refractivity contribution in [3.8, 4) is 5.75 Å². The number of fused-ring (bicyclic) bond motifs is 8. The van der Waals surface area contributed by atoms with Gasteiger partial charge in [0.1, 0.15) is 17.3 Å². The summed E-state index contributed by atoms with van der Waals surface area (Å²) in [4.78, 5) is 13.5. The molecule has 2 aromatic rings. The molecule has 1 saturated carbocycles. The molecule has 6 atom stereocenters. The summed E-state index contributed by atoms with van der Waals surface area (Å²) in [5.74, 6) is -0.606. The summed E-state index contributed by atoms with van der Waals surface area (Å²) >= 11 is 0. The number of aliphatic hydroxyl groups is 1. The van der Waals surface area contributed by atoms with Gasteiger partial charge in [0.25, 0.3) is 0 Å². The summed E-state index contributed by atoms with van der Waals surface area (Å²) in [5.41, 5.74) is 1.11. The summed E-state index contributed by atoms with van der Waals surface area (Å²) in [6.07, 6.45) is 2.92. The fourth-order valence-corrected chi connectivity index (χ4v) is 5.82. The van der Waals surface area contributed by atoms with Gasteiger partial charge in [0.15, 0.2) is 11.5 Å². The first-order valence-corrected chi connectivity index (χ1v) is 10.5. The Morgan fingerprint density at radius 2 is 2.03 bits per heavy atom. The third-order valence-corrected chi connectivity index (χ3v) is 7.24. The Hall–Kier alpha value is -2.11. The first kappa shape index (κ1) is 18.9. The molecule has 2 bridgehead atoms. The summed E-state index contributed by atoms with van der Waals surface area (Å²) < 4.78 is 19.0. The van der Waals surface area contributed by atoms with Crippen LogP contribution in [0.5, 0.6) is 5.75 Å². The van der Waals surface area contributed by atoms with Crippen LogP contribution < -0.4 is 4.74 Å². The molecule has 0 amide bonds. The topological polar surface area (TPSA) is 68.9 Å². The lowest BCUT2D eigenvalue weighted by Gasteiger charge is -2.56. The van der Waals surface area contributed by atoms with Gasteiger partial charge in [-0.25, -0.2) is 0 Å². The maximum Gasteiger partial charge on any atom is 0.304 e. The molecule has 0 unspecified atom stereocenters. The zero-order valence-corrected chi connectivity index (χ0v) is 17.6. The van der Waals surface area contributed by atoms with Gasteiger partial charge in [0, 0.05) is 11.8 Å². The molecule has 5 nitrogen and oxygen atoms in total. The molecule has 0 radical (unpaired) electrons. The number of hydrogen-bond donors (Lipinski definition) is 1. The molecular formula is C24H28O5. The number of allylic oxidation sites excluding steroid dienone is 1. The second-order valence-corrected chi connectivity index (χ2v) is 9.47. The van der Waals surface area contributed by atoms with Crippen molar-refractivity contribution in [3.05, 3.63) is 41.2 Å². The number of ketones is 1. The van der Waals surface area contributed by atoms with E-state index in [-0.39, 0.29) is 17.6 Å². The molecule has 0 spiro atoms. The van der Waals surface area contributed by atoms with Crippen LogP contribution in [0.3, 0.4) is 0 Å². The normalized spacial score (nSPS) is 37.6. The molecule has 154 valence electrons. The highest BCUT2D eigenvalue weighted by Gasteiger charge is 2.71. The predicted octanol–water partition coefficient (Wildman–Crippen LogP) is 4.85. The van der Waals surface area contributed by atoms with Gasteiger partial charge in [-0.15, -0.1) is 0 Å². The molecule has 1 aromatic carbocycles. The van der Waals surface area contributed by atoms with Crippen LogP contribution in [0.15, 0.2) is 34.3 Å². The Morgan fingerprint density at radius 3 is 2.76 bits per heavy atom. The summed E-state index contributed by atoms with van der Waals surface area (Å²) in [7, 11) is 0. The minimum Gasteiger partial charge on any atom is -0.454 e. The molecule has 5 heteroatoms. The third kappa shape index (κ3) is 2.32. The van der Waals surface area contributed by atoms with E-state index in [1.165, 1.54) is 6.08 Å². The minimum absolute atomic E-state index is 0.0705. The average Bonchev–Trinajstić information content (AvgIpc) is 3.21. The average molecular weight is 396 g/mol. The van der Waals surface area contributed by atoms with E-state index in [9.17, 15) is 9.90 Å². The molecular weight excluding hydrogens is 368 g/mol. The van der Waals surface area contributed by atoms with Crippen LogP contribution >= 0.6 is 0 Å². The number of rotatable bonds is 2. The molecule has 3 heterocycles. The van der Waals surface area contributed by atoms with Crippen LogP contribution in [-0.4, -0.2) is 22.3 Å². The van der Waals surface area contributed by atoms with E-state index < -0.39 is 17.5 Å². The summed E-state index contributed by atoms with van der Waals surface area (Å²) in [6.45, 7) is 9.61. The van der Waals surface area contributed by atoms with Gasteiger partial charge in [-0.05, 0) is 64.2 Å². The van der Waals surface area contributed by atoms with E-state index in [0.717, 1.165) is 34.9 Å². The van der Waals surface area contributed by atoms with E-state index >= 15 is 0 Å². The lowest BCUT2D eigenvalue weighted by atomic mass is 9.67. The smallest absolute Gasteiger partial charge is 0.304 e. The number of benzene rings is 1. The SMILES string of the molecule is CC(C)=CC(=O)[C@@]12Oc3c(oc4cccc(C)c34)[C@@H](O1)[C@@H]1[C@@H](CC[C@@H]1C)[C@]2(C)O. The lowest BCUT2D eigenvalue weighted by Crippen LogP contribution is -2.71. The van der Waals surface area contributed by atoms with Crippen molar-refractivity contribution >= 4 is 16.8 Å². The summed E-state index contributed by atoms with van der Waals surface area (Å²) in [6, 6.07) is 5.85. The molecule has 5 rings (SSSR count). The van der Waals surface area contributed by atoms with Gasteiger partial charge >= 0.3 is 5.79 Å². The largest absolute Gasteiger partial charge is 0.454 e. The van der Waals surface area contributed by atoms with Crippen molar-refractivity contribution in [2.45, 2.75) is 65.0 Å². The Bertz CT molecular complexity index is 1040. The first-order chi connectivity index (χ1) is 13.7. The standard InChI is InChI=1S/C24H28O5/c1-12(2)11-17(25)24-23(5,26)15-10-9-14(4)18(15)20(28-24)22-21(29-24)19-13(3)7-6-8-16(19)27-22/h6-8,11,14-15,18,20,26H,9-10H2,1-5H3/t14-,15+,18-,20-,23-,24-/m0/s1. The summed E-state index contributed by atoms with van der Waals surface area (Å²) in [5, 5.41) is 12.6. The van der Waals surface area contributed by atoms with E-state index in [1.807, 2.05) is 39.0 Å². The van der Waals surface area contributed by atoms with E-state index in [4.69, 9.17) is 13.9 Å². The Morgan fingerprint density at radius 1 is 1.28 bits per heavy atom. The van der Waals surface area contributed by atoms with E-state index in [0.29, 0.717) is 17.4 Å². The molecule has 2 aliphatic heterocycles. The van der Waals surface area contributed by atoms with Crippen LogP contribution in [0.2, 0.25) is 0 Å². The predicted molar refractivity (Wildman–Crippen MR) is 109 cm³/mol. The number of carbonyl (C=O) groups excluding carboxylic acids is 1. The van der Waals surface area contributed by atoms with Gasteiger partial charge in [-0.2, -0.15) is 0 Å². The van der Waals surface area contributed by atoms with Crippen molar-refractivity contribution in [1.82, 2.24) is 0 Å². The van der Waals surface area contributed by atoms with Gasteiger partial charge in [-0.3, -0.25) is 4.79 Å². The fraction of sp³-hybridized carbons (Fsp3) is 0.542. The van der Waals surface area contributed by atoms with Crippen LogP contribution in [0.4, 0.5) is 0 Å². The highest BCUT2D eigenvalue weighted by Crippen LogP contribution is 2.63. The maximum absolute atomic E-state index is 13.5.